The Hall–Kier alpha value is -2.47. The van der Waals surface area contributed by atoms with Gasteiger partial charge in [0, 0.05) is 10.4 Å². The molecular weight excluding hydrogens is 324 g/mol. The minimum absolute atomic E-state index is 0.238. The fourth-order valence-electron chi connectivity index (χ4n) is 3.36. The zero-order valence-electron chi connectivity index (χ0n) is 13.2. The van der Waals surface area contributed by atoms with Crippen molar-refractivity contribution in [2.24, 2.45) is 0 Å². The number of aryl methyl sites for hydroxylation is 3. The SMILES string of the molecule is Cc1cccc(-c2nc3sc4c(c3c(=O)n2CC(=O)O)CCC4)c1. The summed E-state index contributed by atoms with van der Waals surface area (Å²) in [6, 6.07) is 7.63. The van der Waals surface area contributed by atoms with E-state index in [1.165, 1.54) is 9.44 Å². The van der Waals surface area contributed by atoms with Crippen LogP contribution in [-0.4, -0.2) is 20.6 Å². The normalized spacial score (nSPS) is 13.4. The van der Waals surface area contributed by atoms with Gasteiger partial charge in [0.05, 0.1) is 5.39 Å². The highest BCUT2D eigenvalue weighted by Crippen LogP contribution is 2.35. The van der Waals surface area contributed by atoms with Crippen molar-refractivity contribution >= 4 is 27.5 Å². The summed E-state index contributed by atoms with van der Waals surface area (Å²) in [5.74, 6) is -0.613. The second kappa shape index (κ2) is 5.56. The van der Waals surface area contributed by atoms with Gasteiger partial charge < -0.3 is 5.11 Å². The summed E-state index contributed by atoms with van der Waals surface area (Å²) in [4.78, 5) is 31.0. The number of thiophene rings is 1. The zero-order chi connectivity index (χ0) is 16.8. The molecule has 5 nitrogen and oxygen atoms in total. The van der Waals surface area contributed by atoms with Gasteiger partial charge in [-0.05, 0) is 37.8 Å². The van der Waals surface area contributed by atoms with Crippen LogP contribution in [0, 0.1) is 6.92 Å². The lowest BCUT2D eigenvalue weighted by Gasteiger charge is -2.11. The molecular formula is C18H16N2O3S. The highest BCUT2D eigenvalue weighted by atomic mass is 32.1. The Morgan fingerprint density at radius 3 is 2.96 bits per heavy atom. The zero-order valence-corrected chi connectivity index (χ0v) is 14.0. The van der Waals surface area contributed by atoms with Crippen LogP contribution in [0.4, 0.5) is 0 Å². The number of aromatic nitrogens is 2. The molecule has 0 amide bonds. The van der Waals surface area contributed by atoms with Gasteiger partial charge in [-0.3, -0.25) is 14.2 Å². The quantitative estimate of drug-likeness (QED) is 0.795. The van der Waals surface area contributed by atoms with Gasteiger partial charge in [-0.1, -0.05) is 23.8 Å². The number of hydrogen-bond acceptors (Lipinski definition) is 4. The highest BCUT2D eigenvalue weighted by molar-refractivity contribution is 7.18. The Morgan fingerprint density at radius 1 is 1.38 bits per heavy atom. The number of hydrogen-bond donors (Lipinski definition) is 1. The van der Waals surface area contributed by atoms with Crippen molar-refractivity contribution in [1.82, 2.24) is 9.55 Å². The third-order valence-corrected chi connectivity index (χ3v) is 5.58. The second-order valence-electron chi connectivity index (χ2n) is 6.13. The number of carbonyl (C=O) groups is 1. The number of rotatable bonds is 3. The van der Waals surface area contributed by atoms with Crippen molar-refractivity contribution in [3.05, 3.63) is 50.6 Å². The van der Waals surface area contributed by atoms with Crippen LogP contribution < -0.4 is 5.56 Å². The first kappa shape index (κ1) is 15.1. The smallest absolute Gasteiger partial charge is 0.323 e. The number of aliphatic carboxylic acids is 1. The lowest BCUT2D eigenvalue weighted by Crippen LogP contribution is -2.27. The first-order valence-corrected chi connectivity index (χ1v) is 8.70. The number of nitrogens with zero attached hydrogens (tertiary/aromatic N) is 2. The van der Waals surface area contributed by atoms with Crippen LogP contribution in [0.5, 0.6) is 0 Å². The molecule has 0 bridgehead atoms. The summed E-state index contributed by atoms with van der Waals surface area (Å²) in [7, 11) is 0. The second-order valence-corrected chi connectivity index (χ2v) is 7.21. The Labute approximate surface area is 142 Å². The standard InChI is InChI=1S/C18H16N2O3S/c1-10-4-2-5-11(8-10)16-19-17-15(12-6-3-7-13(12)24-17)18(23)20(16)9-14(21)22/h2,4-5,8H,3,6-7,9H2,1H3,(H,21,22). The van der Waals surface area contributed by atoms with Crippen molar-refractivity contribution in [1.29, 1.82) is 0 Å². The Kier molecular flexibility index (Phi) is 3.49. The Morgan fingerprint density at radius 2 is 2.21 bits per heavy atom. The molecule has 0 saturated heterocycles. The fraction of sp³-hybridized carbons (Fsp3) is 0.278. The molecule has 122 valence electrons. The van der Waals surface area contributed by atoms with Crippen LogP contribution in [0.1, 0.15) is 22.4 Å². The summed E-state index contributed by atoms with van der Waals surface area (Å²) in [5.41, 5.74) is 2.64. The topological polar surface area (TPSA) is 72.2 Å². The molecule has 0 fully saturated rings. The molecule has 0 aliphatic heterocycles. The molecule has 0 spiro atoms. The molecule has 1 N–H and O–H groups in total. The first-order valence-electron chi connectivity index (χ1n) is 7.88. The van der Waals surface area contributed by atoms with Crippen LogP contribution in [-0.2, 0) is 24.2 Å². The minimum atomic E-state index is -1.04. The molecule has 1 aliphatic carbocycles. The summed E-state index contributed by atoms with van der Waals surface area (Å²) < 4.78 is 1.30. The number of benzene rings is 1. The van der Waals surface area contributed by atoms with E-state index < -0.39 is 5.97 Å². The van der Waals surface area contributed by atoms with E-state index in [2.05, 4.69) is 4.98 Å². The van der Waals surface area contributed by atoms with E-state index in [-0.39, 0.29) is 12.1 Å². The van der Waals surface area contributed by atoms with Crippen molar-refractivity contribution in [2.75, 3.05) is 0 Å². The minimum Gasteiger partial charge on any atom is -0.480 e. The average molecular weight is 340 g/mol. The monoisotopic (exact) mass is 340 g/mol. The van der Waals surface area contributed by atoms with Crippen molar-refractivity contribution in [3.63, 3.8) is 0 Å². The van der Waals surface area contributed by atoms with E-state index in [4.69, 9.17) is 0 Å². The summed E-state index contributed by atoms with van der Waals surface area (Å²) in [6.45, 7) is 1.58. The van der Waals surface area contributed by atoms with Gasteiger partial charge in [-0.2, -0.15) is 0 Å². The molecule has 0 saturated carbocycles. The van der Waals surface area contributed by atoms with E-state index in [9.17, 15) is 14.7 Å². The molecule has 24 heavy (non-hydrogen) atoms. The third-order valence-electron chi connectivity index (χ3n) is 4.39. The summed E-state index contributed by atoms with van der Waals surface area (Å²) >= 11 is 1.57. The molecule has 0 radical (unpaired) electrons. The molecule has 0 unspecified atom stereocenters. The van der Waals surface area contributed by atoms with Gasteiger partial charge >= 0.3 is 5.97 Å². The molecule has 2 heterocycles. The van der Waals surface area contributed by atoms with Crippen molar-refractivity contribution in [2.45, 2.75) is 32.7 Å². The third kappa shape index (κ3) is 2.34. The maximum absolute atomic E-state index is 13.0. The summed E-state index contributed by atoms with van der Waals surface area (Å²) in [6.07, 6.45) is 2.91. The molecule has 2 aromatic heterocycles. The average Bonchev–Trinajstić information content (AvgIpc) is 3.09. The van der Waals surface area contributed by atoms with Crippen LogP contribution in [0.3, 0.4) is 0 Å². The molecule has 4 rings (SSSR count). The number of carboxylic acid groups (broad SMARTS) is 1. The highest BCUT2D eigenvalue weighted by Gasteiger charge is 2.24. The van der Waals surface area contributed by atoms with E-state index in [0.29, 0.717) is 11.2 Å². The van der Waals surface area contributed by atoms with E-state index >= 15 is 0 Å². The van der Waals surface area contributed by atoms with Crippen LogP contribution in [0.25, 0.3) is 21.6 Å². The van der Waals surface area contributed by atoms with E-state index in [0.717, 1.165) is 40.8 Å². The largest absolute Gasteiger partial charge is 0.480 e. The fourth-order valence-corrected chi connectivity index (χ4v) is 4.62. The van der Waals surface area contributed by atoms with Gasteiger partial charge in [0.25, 0.3) is 5.56 Å². The number of fused-ring (bicyclic) bond motifs is 3. The molecule has 3 aromatic rings. The molecule has 0 atom stereocenters. The Bertz CT molecular complexity index is 1030. The van der Waals surface area contributed by atoms with Crippen LogP contribution in [0.2, 0.25) is 0 Å². The maximum Gasteiger partial charge on any atom is 0.323 e. The molecule has 1 aliphatic rings. The number of carboxylic acids is 1. The molecule has 1 aromatic carbocycles. The lowest BCUT2D eigenvalue weighted by molar-refractivity contribution is -0.137. The molecule has 6 heteroatoms. The Balaban J connectivity index is 2.05. The van der Waals surface area contributed by atoms with Gasteiger partial charge in [-0.25, -0.2) is 4.98 Å². The van der Waals surface area contributed by atoms with Crippen molar-refractivity contribution < 1.29 is 9.90 Å². The first-order chi connectivity index (χ1) is 11.5. The van der Waals surface area contributed by atoms with E-state index in [1.54, 1.807) is 11.3 Å². The lowest BCUT2D eigenvalue weighted by atomic mass is 10.1. The van der Waals surface area contributed by atoms with Gasteiger partial charge in [-0.15, -0.1) is 11.3 Å². The van der Waals surface area contributed by atoms with Crippen LogP contribution in [0.15, 0.2) is 29.1 Å². The van der Waals surface area contributed by atoms with Crippen molar-refractivity contribution in [3.8, 4) is 11.4 Å². The predicted molar refractivity (Wildman–Crippen MR) is 93.7 cm³/mol. The van der Waals surface area contributed by atoms with Gasteiger partial charge in [0.2, 0.25) is 0 Å². The maximum atomic E-state index is 13.0. The van der Waals surface area contributed by atoms with Gasteiger partial charge in [0.1, 0.15) is 17.2 Å². The van der Waals surface area contributed by atoms with Gasteiger partial charge in [0.15, 0.2) is 0 Å². The summed E-state index contributed by atoms with van der Waals surface area (Å²) in [5, 5.41) is 9.86. The predicted octanol–water partition coefficient (Wildman–Crippen LogP) is 3.01. The van der Waals surface area contributed by atoms with Crippen LogP contribution >= 0.6 is 11.3 Å². The van der Waals surface area contributed by atoms with E-state index in [1.807, 2.05) is 31.2 Å².